The smallest absolute Gasteiger partial charge is 0.253 e. The number of amides is 1. The third-order valence-electron chi connectivity index (χ3n) is 4.09. The fourth-order valence-corrected chi connectivity index (χ4v) is 2.76. The van der Waals surface area contributed by atoms with E-state index in [1.54, 1.807) is 6.07 Å². The molecule has 1 aliphatic rings. The Morgan fingerprint density at radius 2 is 1.59 bits per heavy atom. The molecule has 0 aliphatic carbocycles. The van der Waals surface area contributed by atoms with Gasteiger partial charge in [-0.3, -0.25) is 4.79 Å². The van der Waals surface area contributed by atoms with Crippen molar-refractivity contribution in [2.45, 2.75) is 6.92 Å². The van der Waals surface area contributed by atoms with Crippen LogP contribution in [-0.4, -0.2) is 42.1 Å². The van der Waals surface area contributed by atoms with Gasteiger partial charge in [-0.15, -0.1) is 0 Å². The van der Waals surface area contributed by atoms with Gasteiger partial charge in [0.15, 0.2) is 0 Å². The van der Waals surface area contributed by atoms with Crippen LogP contribution in [0.1, 0.15) is 15.9 Å². The van der Waals surface area contributed by atoms with E-state index in [0.717, 1.165) is 29.9 Å². The second-order valence-corrected chi connectivity index (χ2v) is 5.63. The molecule has 1 N–H and O–H groups in total. The van der Waals surface area contributed by atoms with Gasteiger partial charge in [-0.1, -0.05) is 29.8 Å². The normalized spacial score (nSPS) is 15.0. The molecule has 1 heterocycles. The van der Waals surface area contributed by atoms with Crippen molar-refractivity contribution >= 4 is 11.6 Å². The van der Waals surface area contributed by atoms with Crippen LogP contribution < -0.4 is 4.90 Å². The first-order valence-electron chi connectivity index (χ1n) is 7.54. The number of nitrogens with zero attached hydrogens (tertiary/aromatic N) is 2. The second kappa shape index (κ2) is 6.10. The van der Waals surface area contributed by atoms with Gasteiger partial charge in [0.1, 0.15) is 5.75 Å². The maximum Gasteiger partial charge on any atom is 0.253 e. The Morgan fingerprint density at radius 3 is 2.23 bits per heavy atom. The Labute approximate surface area is 130 Å². The van der Waals surface area contributed by atoms with Gasteiger partial charge in [0.05, 0.1) is 5.69 Å². The summed E-state index contributed by atoms with van der Waals surface area (Å²) in [6.45, 7) is 4.81. The number of para-hydroxylation sites is 2. The van der Waals surface area contributed by atoms with Crippen LogP contribution in [-0.2, 0) is 0 Å². The Balaban J connectivity index is 1.65. The maximum absolute atomic E-state index is 12.5. The Hall–Kier alpha value is -2.49. The standard InChI is InChI=1S/C18H20N2O2/c1-14-6-8-15(9-7-14)18(22)20-12-10-19(11-13-20)16-4-2-3-5-17(16)21/h2-9,21H,10-13H2,1H3. The number of phenolic OH excluding ortho intramolecular Hbond substituents is 1. The first-order valence-corrected chi connectivity index (χ1v) is 7.54. The van der Waals surface area contributed by atoms with Crippen molar-refractivity contribution in [1.82, 2.24) is 4.90 Å². The summed E-state index contributed by atoms with van der Waals surface area (Å²) in [6, 6.07) is 15.0. The minimum atomic E-state index is 0.0805. The monoisotopic (exact) mass is 296 g/mol. The van der Waals surface area contributed by atoms with Gasteiger partial charge in [-0.25, -0.2) is 0 Å². The summed E-state index contributed by atoms with van der Waals surface area (Å²) >= 11 is 0. The quantitative estimate of drug-likeness (QED) is 0.926. The molecule has 0 bridgehead atoms. The van der Waals surface area contributed by atoms with Gasteiger partial charge in [-0.2, -0.15) is 0 Å². The maximum atomic E-state index is 12.5. The molecule has 3 rings (SSSR count). The van der Waals surface area contributed by atoms with Crippen LogP contribution in [0.25, 0.3) is 0 Å². The number of carbonyl (C=O) groups is 1. The summed E-state index contributed by atoms with van der Waals surface area (Å²) in [5.41, 5.74) is 2.73. The molecule has 4 nitrogen and oxygen atoms in total. The molecule has 0 aromatic heterocycles. The minimum Gasteiger partial charge on any atom is -0.506 e. The zero-order chi connectivity index (χ0) is 15.5. The van der Waals surface area contributed by atoms with Crippen molar-refractivity contribution in [2.24, 2.45) is 0 Å². The van der Waals surface area contributed by atoms with Crippen LogP contribution in [0.15, 0.2) is 48.5 Å². The lowest BCUT2D eigenvalue weighted by Crippen LogP contribution is -2.48. The lowest BCUT2D eigenvalue weighted by molar-refractivity contribution is 0.0746. The van der Waals surface area contributed by atoms with Gasteiger partial charge in [-0.05, 0) is 31.2 Å². The van der Waals surface area contributed by atoms with Gasteiger partial charge < -0.3 is 14.9 Å². The van der Waals surface area contributed by atoms with E-state index < -0.39 is 0 Å². The van der Waals surface area contributed by atoms with Gasteiger partial charge >= 0.3 is 0 Å². The molecule has 0 atom stereocenters. The van der Waals surface area contributed by atoms with Crippen molar-refractivity contribution in [1.29, 1.82) is 0 Å². The molecule has 0 saturated carbocycles. The number of anilines is 1. The average molecular weight is 296 g/mol. The fraction of sp³-hybridized carbons (Fsp3) is 0.278. The molecule has 114 valence electrons. The Bertz CT molecular complexity index is 659. The van der Waals surface area contributed by atoms with E-state index in [-0.39, 0.29) is 5.91 Å². The summed E-state index contributed by atoms with van der Waals surface area (Å²) in [5, 5.41) is 9.92. The molecule has 1 aliphatic heterocycles. The highest BCUT2D eigenvalue weighted by atomic mass is 16.3. The number of benzene rings is 2. The molecule has 1 saturated heterocycles. The van der Waals surface area contributed by atoms with E-state index >= 15 is 0 Å². The largest absolute Gasteiger partial charge is 0.506 e. The molecule has 0 radical (unpaired) electrons. The minimum absolute atomic E-state index is 0.0805. The van der Waals surface area contributed by atoms with Crippen molar-refractivity contribution in [3.63, 3.8) is 0 Å². The van der Waals surface area contributed by atoms with E-state index in [2.05, 4.69) is 4.90 Å². The number of hydrogen-bond acceptors (Lipinski definition) is 3. The topological polar surface area (TPSA) is 43.8 Å². The van der Waals surface area contributed by atoms with E-state index in [1.165, 1.54) is 0 Å². The summed E-state index contributed by atoms with van der Waals surface area (Å²) < 4.78 is 0. The zero-order valence-electron chi connectivity index (χ0n) is 12.7. The highest BCUT2D eigenvalue weighted by Crippen LogP contribution is 2.27. The Morgan fingerprint density at radius 1 is 0.955 bits per heavy atom. The van der Waals surface area contributed by atoms with Crippen LogP contribution in [0.4, 0.5) is 5.69 Å². The van der Waals surface area contributed by atoms with E-state index in [0.29, 0.717) is 18.8 Å². The Kier molecular flexibility index (Phi) is 4.00. The fourth-order valence-electron chi connectivity index (χ4n) is 2.76. The SMILES string of the molecule is Cc1ccc(C(=O)N2CCN(c3ccccc3O)CC2)cc1. The summed E-state index contributed by atoms with van der Waals surface area (Å²) in [5.74, 6) is 0.373. The number of aryl methyl sites for hydroxylation is 1. The van der Waals surface area contributed by atoms with E-state index in [1.807, 2.05) is 54.3 Å². The molecule has 0 unspecified atom stereocenters. The number of aromatic hydroxyl groups is 1. The molecule has 0 spiro atoms. The lowest BCUT2D eigenvalue weighted by atomic mass is 10.1. The molecule has 2 aromatic carbocycles. The number of piperazine rings is 1. The predicted octanol–water partition coefficient (Wildman–Crippen LogP) is 2.66. The van der Waals surface area contributed by atoms with Crippen molar-refractivity contribution < 1.29 is 9.90 Å². The second-order valence-electron chi connectivity index (χ2n) is 5.63. The van der Waals surface area contributed by atoms with Crippen LogP contribution in [0.3, 0.4) is 0 Å². The highest BCUT2D eigenvalue weighted by molar-refractivity contribution is 5.94. The third-order valence-corrected chi connectivity index (χ3v) is 4.09. The van der Waals surface area contributed by atoms with Crippen LogP contribution in [0.2, 0.25) is 0 Å². The highest BCUT2D eigenvalue weighted by Gasteiger charge is 2.23. The van der Waals surface area contributed by atoms with E-state index in [4.69, 9.17) is 0 Å². The van der Waals surface area contributed by atoms with E-state index in [9.17, 15) is 9.90 Å². The molecule has 1 amide bonds. The molecule has 22 heavy (non-hydrogen) atoms. The van der Waals surface area contributed by atoms with Gasteiger partial charge in [0.2, 0.25) is 0 Å². The first-order chi connectivity index (χ1) is 10.6. The summed E-state index contributed by atoms with van der Waals surface area (Å²) in [7, 11) is 0. The lowest BCUT2D eigenvalue weighted by Gasteiger charge is -2.36. The summed E-state index contributed by atoms with van der Waals surface area (Å²) in [4.78, 5) is 16.5. The molecule has 2 aromatic rings. The van der Waals surface area contributed by atoms with Crippen molar-refractivity contribution in [3.05, 3.63) is 59.7 Å². The van der Waals surface area contributed by atoms with Crippen LogP contribution in [0.5, 0.6) is 5.75 Å². The molecule has 4 heteroatoms. The zero-order valence-corrected chi connectivity index (χ0v) is 12.7. The number of hydrogen-bond donors (Lipinski definition) is 1. The van der Waals surface area contributed by atoms with Crippen molar-refractivity contribution in [2.75, 3.05) is 31.1 Å². The number of rotatable bonds is 2. The van der Waals surface area contributed by atoms with Crippen LogP contribution in [0, 0.1) is 6.92 Å². The van der Waals surface area contributed by atoms with Crippen molar-refractivity contribution in [3.8, 4) is 5.75 Å². The van der Waals surface area contributed by atoms with Crippen LogP contribution >= 0.6 is 0 Å². The predicted molar refractivity (Wildman–Crippen MR) is 87.4 cm³/mol. The average Bonchev–Trinajstić information content (AvgIpc) is 2.56. The van der Waals surface area contributed by atoms with Gasteiger partial charge in [0, 0.05) is 31.7 Å². The number of phenols is 1. The first kappa shape index (κ1) is 14.4. The third kappa shape index (κ3) is 2.91. The summed E-state index contributed by atoms with van der Waals surface area (Å²) in [6.07, 6.45) is 0. The molecular weight excluding hydrogens is 276 g/mol. The molecule has 1 fully saturated rings. The number of carbonyl (C=O) groups excluding carboxylic acids is 1. The molecular formula is C18H20N2O2. The van der Waals surface area contributed by atoms with Gasteiger partial charge in [0.25, 0.3) is 5.91 Å².